The van der Waals surface area contributed by atoms with Crippen LogP contribution in [-0.4, -0.2) is 0 Å². The van der Waals surface area contributed by atoms with Gasteiger partial charge >= 0.3 is 0 Å². The Labute approximate surface area is 73.8 Å². The number of hydrogen-bond acceptors (Lipinski definition) is 2. The molecule has 1 unspecified atom stereocenters. The molecule has 1 aromatic heterocycles. The first-order valence-corrected chi connectivity index (χ1v) is 4.39. The van der Waals surface area contributed by atoms with Crippen molar-refractivity contribution < 1.29 is 4.42 Å². The zero-order valence-electron chi connectivity index (χ0n) is 8.00. The average Bonchev–Trinajstić information content (AvgIpc) is 2.33. The second kappa shape index (κ2) is 3.76. The van der Waals surface area contributed by atoms with Crippen LogP contribution in [0.5, 0.6) is 0 Å². The molecule has 0 spiro atoms. The van der Waals surface area contributed by atoms with Crippen molar-refractivity contribution >= 4 is 0 Å². The van der Waals surface area contributed by atoms with Crippen LogP contribution in [0.4, 0.5) is 0 Å². The molecule has 0 aliphatic rings. The van der Waals surface area contributed by atoms with Gasteiger partial charge in [-0.1, -0.05) is 13.8 Å². The highest BCUT2D eigenvalue weighted by Gasteiger charge is 2.11. The number of nitrogens with two attached hydrogens (primary N) is 1. The van der Waals surface area contributed by atoms with Crippen LogP contribution in [-0.2, 0) is 0 Å². The van der Waals surface area contributed by atoms with Crippen molar-refractivity contribution in [2.75, 3.05) is 0 Å². The Morgan fingerprint density at radius 2 is 2.08 bits per heavy atom. The first-order chi connectivity index (χ1) is 5.61. The van der Waals surface area contributed by atoms with Crippen LogP contribution in [0.1, 0.15) is 37.4 Å². The molecule has 0 aliphatic heterocycles. The summed E-state index contributed by atoms with van der Waals surface area (Å²) in [6, 6.07) is 0.128. The minimum Gasteiger partial charge on any atom is -0.472 e. The lowest BCUT2D eigenvalue weighted by atomic mass is 9.98. The molecular weight excluding hydrogens is 150 g/mol. The highest BCUT2D eigenvalue weighted by Crippen LogP contribution is 2.22. The van der Waals surface area contributed by atoms with Crippen molar-refractivity contribution in [2.45, 2.75) is 33.2 Å². The summed E-state index contributed by atoms with van der Waals surface area (Å²) in [6.45, 7) is 6.38. The Bertz CT molecular complexity index is 240. The van der Waals surface area contributed by atoms with Gasteiger partial charge in [-0.25, -0.2) is 0 Å². The molecule has 0 bridgehead atoms. The van der Waals surface area contributed by atoms with E-state index in [0.717, 1.165) is 17.5 Å². The SMILES string of the molecule is Cc1cocc1C(N)CC(C)C. The largest absolute Gasteiger partial charge is 0.472 e. The summed E-state index contributed by atoms with van der Waals surface area (Å²) in [5.74, 6) is 0.634. The highest BCUT2D eigenvalue weighted by molar-refractivity contribution is 5.22. The molecule has 0 radical (unpaired) electrons. The van der Waals surface area contributed by atoms with Crippen LogP contribution < -0.4 is 5.73 Å². The van der Waals surface area contributed by atoms with Crippen molar-refractivity contribution in [2.24, 2.45) is 11.7 Å². The van der Waals surface area contributed by atoms with E-state index >= 15 is 0 Å². The van der Waals surface area contributed by atoms with Crippen LogP contribution in [0.15, 0.2) is 16.9 Å². The number of hydrogen-bond donors (Lipinski definition) is 1. The molecule has 0 saturated carbocycles. The maximum Gasteiger partial charge on any atom is 0.0953 e. The van der Waals surface area contributed by atoms with E-state index in [1.165, 1.54) is 0 Å². The molecule has 12 heavy (non-hydrogen) atoms. The minimum atomic E-state index is 0.128. The van der Waals surface area contributed by atoms with Gasteiger partial charge in [0.05, 0.1) is 12.5 Å². The molecular formula is C10H17NO. The minimum absolute atomic E-state index is 0.128. The Morgan fingerprint density at radius 3 is 2.50 bits per heavy atom. The van der Waals surface area contributed by atoms with Gasteiger partial charge in [-0.15, -0.1) is 0 Å². The predicted octanol–water partition coefficient (Wildman–Crippen LogP) is 2.63. The lowest BCUT2D eigenvalue weighted by Gasteiger charge is -2.12. The summed E-state index contributed by atoms with van der Waals surface area (Å²) < 4.78 is 5.07. The van der Waals surface area contributed by atoms with Gasteiger partial charge in [0.1, 0.15) is 0 Å². The summed E-state index contributed by atoms with van der Waals surface area (Å²) in [5.41, 5.74) is 8.28. The van der Waals surface area contributed by atoms with E-state index in [9.17, 15) is 0 Å². The summed E-state index contributed by atoms with van der Waals surface area (Å²) in [6.07, 6.45) is 4.51. The molecule has 1 rings (SSSR count). The van der Waals surface area contributed by atoms with Gasteiger partial charge in [0.15, 0.2) is 0 Å². The van der Waals surface area contributed by atoms with Gasteiger partial charge in [-0.2, -0.15) is 0 Å². The second-order valence-electron chi connectivity index (χ2n) is 3.75. The number of furan rings is 1. The molecule has 0 saturated heterocycles. The predicted molar refractivity (Wildman–Crippen MR) is 49.8 cm³/mol. The number of rotatable bonds is 3. The van der Waals surface area contributed by atoms with Gasteiger partial charge in [0.2, 0.25) is 0 Å². The highest BCUT2D eigenvalue weighted by atomic mass is 16.3. The number of aryl methyl sites for hydroxylation is 1. The van der Waals surface area contributed by atoms with E-state index in [4.69, 9.17) is 10.2 Å². The zero-order valence-corrected chi connectivity index (χ0v) is 8.00. The van der Waals surface area contributed by atoms with Crippen molar-refractivity contribution in [3.05, 3.63) is 23.7 Å². The van der Waals surface area contributed by atoms with E-state index in [0.29, 0.717) is 5.92 Å². The third-order valence-electron chi connectivity index (χ3n) is 2.02. The van der Waals surface area contributed by atoms with Gasteiger partial charge < -0.3 is 10.2 Å². The molecule has 0 fully saturated rings. The third-order valence-corrected chi connectivity index (χ3v) is 2.02. The van der Waals surface area contributed by atoms with E-state index < -0.39 is 0 Å². The molecule has 1 aromatic rings. The van der Waals surface area contributed by atoms with E-state index in [1.807, 2.05) is 6.92 Å². The standard InChI is InChI=1S/C10H17NO/c1-7(2)4-10(11)9-6-12-5-8(9)3/h5-7,10H,4,11H2,1-3H3. The normalized spacial score (nSPS) is 13.8. The summed E-state index contributed by atoms with van der Waals surface area (Å²) in [5, 5.41) is 0. The molecule has 0 aromatic carbocycles. The Kier molecular flexibility index (Phi) is 2.93. The van der Waals surface area contributed by atoms with Gasteiger partial charge in [-0.3, -0.25) is 0 Å². The van der Waals surface area contributed by atoms with Gasteiger partial charge in [0, 0.05) is 11.6 Å². The molecule has 68 valence electrons. The fourth-order valence-electron chi connectivity index (χ4n) is 1.39. The first-order valence-electron chi connectivity index (χ1n) is 4.39. The van der Waals surface area contributed by atoms with Crippen LogP contribution in [0.2, 0.25) is 0 Å². The molecule has 1 heterocycles. The fourth-order valence-corrected chi connectivity index (χ4v) is 1.39. The van der Waals surface area contributed by atoms with Crippen molar-refractivity contribution in [3.8, 4) is 0 Å². The van der Waals surface area contributed by atoms with E-state index in [2.05, 4.69) is 13.8 Å². The van der Waals surface area contributed by atoms with E-state index in [1.54, 1.807) is 12.5 Å². The molecule has 2 nitrogen and oxygen atoms in total. The van der Waals surface area contributed by atoms with Gasteiger partial charge in [-0.05, 0) is 24.8 Å². The lowest BCUT2D eigenvalue weighted by Crippen LogP contribution is -2.12. The smallest absolute Gasteiger partial charge is 0.0953 e. The fraction of sp³-hybridized carbons (Fsp3) is 0.600. The van der Waals surface area contributed by atoms with Crippen LogP contribution in [0.25, 0.3) is 0 Å². The maximum absolute atomic E-state index is 5.98. The van der Waals surface area contributed by atoms with Crippen molar-refractivity contribution in [1.82, 2.24) is 0 Å². The monoisotopic (exact) mass is 167 g/mol. The van der Waals surface area contributed by atoms with E-state index in [-0.39, 0.29) is 6.04 Å². The van der Waals surface area contributed by atoms with Crippen molar-refractivity contribution in [3.63, 3.8) is 0 Å². The quantitative estimate of drug-likeness (QED) is 0.751. The maximum atomic E-state index is 5.98. The second-order valence-corrected chi connectivity index (χ2v) is 3.75. The summed E-state index contributed by atoms with van der Waals surface area (Å²) in [7, 11) is 0. The Balaban J connectivity index is 2.65. The Hall–Kier alpha value is -0.760. The topological polar surface area (TPSA) is 39.2 Å². The molecule has 0 aliphatic carbocycles. The molecule has 0 amide bonds. The van der Waals surface area contributed by atoms with Gasteiger partial charge in [0.25, 0.3) is 0 Å². The molecule has 2 N–H and O–H groups in total. The van der Waals surface area contributed by atoms with Crippen LogP contribution in [0.3, 0.4) is 0 Å². The third kappa shape index (κ3) is 2.11. The average molecular weight is 167 g/mol. The molecule has 1 atom stereocenters. The van der Waals surface area contributed by atoms with Crippen molar-refractivity contribution in [1.29, 1.82) is 0 Å². The zero-order chi connectivity index (χ0) is 9.14. The van der Waals surface area contributed by atoms with Crippen LogP contribution >= 0.6 is 0 Å². The molecule has 2 heteroatoms. The Morgan fingerprint density at radius 1 is 1.42 bits per heavy atom. The summed E-state index contributed by atoms with van der Waals surface area (Å²) in [4.78, 5) is 0. The summed E-state index contributed by atoms with van der Waals surface area (Å²) >= 11 is 0. The lowest BCUT2D eigenvalue weighted by molar-refractivity contribution is 0.500. The van der Waals surface area contributed by atoms with Crippen LogP contribution in [0, 0.1) is 12.8 Å². The first kappa shape index (κ1) is 9.33.